The van der Waals surface area contributed by atoms with E-state index in [0.29, 0.717) is 36.5 Å². The van der Waals surface area contributed by atoms with E-state index in [9.17, 15) is 14.0 Å². The van der Waals surface area contributed by atoms with Gasteiger partial charge in [0.1, 0.15) is 5.82 Å². The number of rotatable bonds is 2. The Morgan fingerprint density at radius 1 is 1.10 bits per heavy atom. The minimum Gasteiger partial charge on any atom is -0.335 e. The molecule has 1 aliphatic heterocycles. The van der Waals surface area contributed by atoms with E-state index in [2.05, 4.69) is 5.10 Å². The molecule has 0 aliphatic carbocycles. The Morgan fingerprint density at radius 2 is 1.86 bits per heavy atom. The van der Waals surface area contributed by atoms with Crippen LogP contribution in [0.2, 0.25) is 0 Å². The second-order valence-electron chi connectivity index (χ2n) is 7.61. The van der Waals surface area contributed by atoms with Crippen molar-refractivity contribution in [2.24, 2.45) is 7.05 Å². The number of hydrogen-bond donors (Lipinski definition) is 0. The summed E-state index contributed by atoms with van der Waals surface area (Å²) < 4.78 is 15.4. The predicted octanol–water partition coefficient (Wildman–Crippen LogP) is 3.01. The lowest BCUT2D eigenvalue weighted by Gasteiger charge is -2.39. The molecule has 2 heterocycles. The number of aryl methyl sites for hydroxylation is 2. The molecule has 1 aliphatic rings. The molecule has 0 spiro atoms. The van der Waals surface area contributed by atoms with E-state index < -0.39 is 5.82 Å². The van der Waals surface area contributed by atoms with Crippen molar-refractivity contribution in [3.05, 3.63) is 65.1 Å². The van der Waals surface area contributed by atoms with Crippen molar-refractivity contribution >= 4 is 22.7 Å². The van der Waals surface area contributed by atoms with Crippen LogP contribution >= 0.6 is 0 Å². The number of para-hydroxylation sites is 1. The molecule has 1 atom stereocenters. The summed E-state index contributed by atoms with van der Waals surface area (Å²) in [5.74, 6) is -0.768. The van der Waals surface area contributed by atoms with Gasteiger partial charge in [-0.1, -0.05) is 18.2 Å². The largest absolute Gasteiger partial charge is 0.335 e. The third-order valence-corrected chi connectivity index (χ3v) is 5.43. The van der Waals surface area contributed by atoms with Gasteiger partial charge in [0, 0.05) is 43.7 Å². The summed E-state index contributed by atoms with van der Waals surface area (Å²) in [5, 5.41) is 5.24. The number of halogens is 1. The number of benzene rings is 2. The Bertz CT molecular complexity index is 1090. The Labute approximate surface area is 168 Å². The molecule has 3 aromatic rings. The number of piperazine rings is 1. The van der Waals surface area contributed by atoms with Gasteiger partial charge in [0.15, 0.2) is 5.69 Å². The first kappa shape index (κ1) is 19.1. The molecular weight excluding hydrogens is 371 g/mol. The highest BCUT2D eigenvalue weighted by Crippen LogP contribution is 2.22. The van der Waals surface area contributed by atoms with Gasteiger partial charge in [0.05, 0.1) is 5.52 Å². The number of carbonyl (C=O) groups is 2. The molecule has 0 bridgehead atoms. The van der Waals surface area contributed by atoms with Crippen LogP contribution in [0.3, 0.4) is 0 Å². The van der Waals surface area contributed by atoms with Crippen molar-refractivity contribution in [3.63, 3.8) is 0 Å². The molecule has 2 aromatic carbocycles. The summed E-state index contributed by atoms with van der Waals surface area (Å²) in [7, 11) is 1.82. The maximum absolute atomic E-state index is 13.7. The number of fused-ring (bicyclic) bond motifs is 1. The highest BCUT2D eigenvalue weighted by molar-refractivity contribution is 6.05. The third kappa shape index (κ3) is 3.48. The average Bonchev–Trinajstić information content (AvgIpc) is 3.03. The first-order valence-corrected chi connectivity index (χ1v) is 9.64. The summed E-state index contributed by atoms with van der Waals surface area (Å²) in [5.41, 5.74) is 2.37. The Hall–Kier alpha value is -3.22. The van der Waals surface area contributed by atoms with E-state index in [1.165, 1.54) is 12.1 Å². The van der Waals surface area contributed by atoms with Gasteiger partial charge in [-0.25, -0.2) is 4.39 Å². The van der Waals surface area contributed by atoms with Crippen LogP contribution in [0.15, 0.2) is 42.5 Å². The SMILES string of the molecule is Cc1cc(F)cc(C(=O)N2CCN(C(=O)c3nn(C)c4ccccc34)[C@@H](C)C2)c1. The maximum atomic E-state index is 13.7. The van der Waals surface area contributed by atoms with Crippen molar-refractivity contribution in [2.75, 3.05) is 19.6 Å². The van der Waals surface area contributed by atoms with E-state index in [4.69, 9.17) is 0 Å². The number of hydrogen-bond acceptors (Lipinski definition) is 3. The zero-order valence-corrected chi connectivity index (χ0v) is 16.7. The number of amides is 2. The van der Waals surface area contributed by atoms with Crippen LogP contribution in [0.25, 0.3) is 10.9 Å². The van der Waals surface area contributed by atoms with Crippen LogP contribution in [0.5, 0.6) is 0 Å². The summed E-state index contributed by atoms with van der Waals surface area (Å²) in [6, 6.07) is 11.8. The van der Waals surface area contributed by atoms with Crippen molar-refractivity contribution in [1.82, 2.24) is 19.6 Å². The molecule has 4 rings (SSSR count). The van der Waals surface area contributed by atoms with E-state index >= 15 is 0 Å². The maximum Gasteiger partial charge on any atom is 0.275 e. The van der Waals surface area contributed by atoms with Gasteiger partial charge in [0.25, 0.3) is 11.8 Å². The summed E-state index contributed by atoms with van der Waals surface area (Å²) in [6.07, 6.45) is 0. The van der Waals surface area contributed by atoms with E-state index in [0.717, 1.165) is 10.9 Å². The van der Waals surface area contributed by atoms with Crippen LogP contribution < -0.4 is 0 Å². The fraction of sp³-hybridized carbons (Fsp3) is 0.318. The quantitative estimate of drug-likeness (QED) is 0.671. The van der Waals surface area contributed by atoms with Crippen LogP contribution in [-0.4, -0.2) is 57.1 Å². The van der Waals surface area contributed by atoms with Gasteiger partial charge in [-0.15, -0.1) is 0 Å². The molecule has 2 amide bonds. The topological polar surface area (TPSA) is 58.4 Å². The lowest BCUT2D eigenvalue weighted by Crippen LogP contribution is -2.55. The lowest BCUT2D eigenvalue weighted by atomic mass is 10.1. The van der Waals surface area contributed by atoms with Crippen LogP contribution in [0, 0.1) is 12.7 Å². The molecule has 0 radical (unpaired) electrons. The van der Waals surface area contributed by atoms with Gasteiger partial charge in [0.2, 0.25) is 0 Å². The van der Waals surface area contributed by atoms with Gasteiger partial charge < -0.3 is 9.80 Å². The van der Waals surface area contributed by atoms with Gasteiger partial charge in [-0.2, -0.15) is 5.10 Å². The molecule has 0 unspecified atom stereocenters. The van der Waals surface area contributed by atoms with Gasteiger partial charge >= 0.3 is 0 Å². The summed E-state index contributed by atoms with van der Waals surface area (Å²) in [6.45, 7) is 4.88. The first-order valence-electron chi connectivity index (χ1n) is 9.64. The predicted molar refractivity (Wildman–Crippen MR) is 108 cm³/mol. The lowest BCUT2D eigenvalue weighted by molar-refractivity contribution is 0.0411. The van der Waals surface area contributed by atoms with Gasteiger partial charge in [-0.05, 0) is 43.7 Å². The molecule has 6 nitrogen and oxygen atoms in total. The van der Waals surface area contributed by atoms with E-state index in [-0.39, 0.29) is 17.9 Å². The number of nitrogens with zero attached hydrogens (tertiary/aromatic N) is 4. The minimum absolute atomic E-state index is 0.136. The normalized spacial score (nSPS) is 17.0. The molecule has 0 saturated carbocycles. The fourth-order valence-electron chi connectivity index (χ4n) is 3.99. The van der Waals surface area contributed by atoms with Crippen molar-refractivity contribution in [1.29, 1.82) is 0 Å². The molecular formula is C22H23FN4O2. The molecule has 150 valence electrons. The number of aromatic nitrogens is 2. The van der Waals surface area contributed by atoms with Crippen molar-refractivity contribution in [2.45, 2.75) is 19.9 Å². The second kappa shape index (κ2) is 7.31. The minimum atomic E-state index is -0.419. The Kier molecular flexibility index (Phi) is 4.82. The van der Waals surface area contributed by atoms with Crippen molar-refractivity contribution in [3.8, 4) is 0 Å². The molecule has 0 N–H and O–H groups in total. The average molecular weight is 394 g/mol. The number of carbonyl (C=O) groups excluding carboxylic acids is 2. The standard InChI is InChI=1S/C22H23FN4O2/c1-14-10-16(12-17(23)11-14)21(28)26-8-9-27(15(2)13-26)22(29)20-18-6-4-5-7-19(18)25(3)24-20/h4-7,10-12,15H,8-9,13H2,1-3H3/t15-/m0/s1. The van der Waals surface area contributed by atoms with Crippen molar-refractivity contribution < 1.29 is 14.0 Å². The zero-order valence-electron chi connectivity index (χ0n) is 16.7. The molecule has 1 saturated heterocycles. The highest BCUT2D eigenvalue weighted by Gasteiger charge is 2.32. The van der Waals surface area contributed by atoms with E-state index in [1.807, 2.05) is 38.2 Å². The first-order chi connectivity index (χ1) is 13.8. The highest BCUT2D eigenvalue weighted by atomic mass is 19.1. The molecule has 29 heavy (non-hydrogen) atoms. The second-order valence-corrected chi connectivity index (χ2v) is 7.61. The zero-order chi connectivity index (χ0) is 20.7. The fourth-order valence-corrected chi connectivity index (χ4v) is 3.99. The monoisotopic (exact) mass is 394 g/mol. The molecule has 7 heteroatoms. The smallest absolute Gasteiger partial charge is 0.275 e. The van der Waals surface area contributed by atoms with Crippen LogP contribution in [0.4, 0.5) is 4.39 Å². The molecule has 1 aromatic heterocycles. The van der Waals surface area contributed by atoms with E-state index in [1.54, 1.807) is 27.5 Å². The van der Waals surface area contributed by atoms with Crippen LogP contribution in [-0.2, 0) is 7.05 Å². The molecule has 1 fully saturated rings. The Morgan fingerprint density at radius 3 is 2.59 bits per heavy atom. The van der Waals surface area contributed by atoms with Gasteiger partial charge in [-0.3, -0.25) is 14.3 Å². The Balaban J connectivity index is 1.53. The summed E-state index contributed by atoms with van der Waals surface area (Å²) >= 11 is 0. The third-order valence-electron chi connectivity index (χ3n) is 5.43. The van der Waals surface area contributed by atoms with Crippen LogP contribution in [0.1, 0.15) is 33.3 Å². The summed E-state index contributed by atoms with van der Waals surface area (Å²) in [4.78, 5) is 29.4.